The molecule has 7 nitrogen and oxygen atoms in total. The third-order valence-electron chi connectivity index (χ3n) is 2.81. The van der Waals surface area contributed by atoms with Gasteiger partial charge in [0.1, 0.15) is 5.60 Å². The number of carbonyl (C=O) groups excluding carboxylic acids is 2. The maximum Gasteiger partial charge on any atom is 0.407 e. The Kier molecular flexibility index (Phi) is 7.10. The zero-order valence-electron chi connectivity index (χ0n) is 14.5. The summed E-state index contributed by atoms with van der Waals surface area (Å²) < 4.78 is 9.75. The molecule has 1 aromatic carbocycles. The van der Waals surface area contributed by atoms with Gasteiger partial charge in [0.15, 0.2) is 0 Å². The minimum absolute atomic E-state index is 0.368. The second-order valence-corrected chi connectivity index (χ2v) is 6.03. The maximum absolute atomic E-state index is 11.4. The van der Waals surface area contributed by atoms with Crippen LogP contribution in [0, 0.1) is 0 Å². The molecule has 0 heterocycles. The summed E-state index contributed by atoms with van der Waals surface area (Å²) in [5.41, 5.74) is 6.95. The van der Waals surface area contributed by atoms with Crippen molar-refractivity contribution in [1.82, 2.24) is 5.32 Å². The van der Waals surface area contributed by atoms with Crippen molar-refractivity contribution >= 4 is 23.4 Å². The van der Waals surface area contributed by atoms with Crippen LogP contribution in [-0.2, 0) is 9.47 Å². The van der Waals surface area contributed by atoms with Gasteiger partial charge in [0.25, 0.3) is 0 Å². The van der Waals surface area contributed by atoms with Crippen molar-refractivity contribution < 1.29 is 19.1 Å². The maximum atomic E-state index is 11.4. The molecule has 0 radical (unpaired) electrons. The van der Waals surface area contributed by atoms with Gasteiger partial charge in [-0.3, -0.25) is 0 Å². The largest absolute Gasteiger partial charge is 0.465 e. The van der Waals surface area contributed by atoms with E-state index in [0.717, 1.165) is 0 Å². The zero-order chi connectivity index (χ0) is 18.2. The number of nitrogens with one attached hydrogen (secondary N) is 2. The van der Waals surface area contributed by atoms with E-state index in [1.165, 1.54) is 7.11 Å². The molecule has 0 aliphatic carbocycles. The van der Waals surface area contributed by atoms with Gasteiger partial charge in [-0.2, -0.15) is 0 Å². The number of methoxy groups -OCH3 is 1. The molecular formula is C17H25N3O4. The van der Waals surface area contributed by atoms with Gasteiger partial charge in [-0.25, -0.2) is 9.59 Å². The number of hydrogen-bond donors (Lipinski definition) is 3. The molecule has 0 aromatic heterocycles. The van der Waals surface area contributed by atoms with E-state index in [0.29, 0.717) is 30.0 Å². The molecule has 1 rings (SSSR count). The SMILES string of the molecule is COC(=O)c1ccc(NC/C=C/CNC(=O)OC(C)(C)C)c(N)c1. The molecule has 132 valence electrons. The Labute approximate surface area is 142 Å². The number of nitrogen functional groups attached to an aromatic ring is 1. The van der Waals surface area contributed by atoms with Gasteiger partial charge in [0, 0.05) is 13.1 Å². The fraction of sp³-hybridized carbons (Fsp3) is 0.412. The number of ether oxygens (including phenoxy) is 2. The van der Waals surface area contributed by atoms with Crippen LogP contribution in [0.2, 0.25) is 0 Å². The first-order valence-electron chi connectivity index (χ1n) is 7.56. The summed E-state index contributed by atoms with van der Waals surface area (Å²) in [5, 5.41) is 5.74. The molecule has 0 saturated carbocycles. The van der Waals surface area contributed by atoms with Crippen molar-refractivity contribution in [2.75, 3.05) is 31.2 Å². The van der Waals surface area contributed by atoms with Crippen molar-refractivity contribution in [2.24, 2.45) is 0 Å². The highest BCUT2D eigenvalue weighted by atomic mass is 16.6. The first-order valence-corrected chi connectivity index (χ1v) is 7.56. The van der Waals surface area contributed by atoms with E-state index in [1.54, 1.807) is 24.3 Å². The van der Waals surface area contributed by atoms with E-state index in [-0.39, 0.29) is 0 Å². The number of nitrogens with two attached hydrogens (primary N) is 1. The van der Waals surface area contributed by atoms with Crippen LogP contribution in [0.5, 0.6) is 0 Å². The number of hydrogen-bond acceptors (Lipinski definition) is 6. The third-order valence-corrected chi connectivity index (χ3v) is 2.81. The number of rotatable bonds is 6. The van der Waals surface area contributed by atoms with Gasteiger partial charge in [0.2, 0.25) is 0 Å². The number of alkyl carbamates (subject to hydrolysis) is 1. The first kappa shape index (κ1) is 19.3. The highest BCUT2D eigenvalue weighted by Crippen LogP contribution is 2.20. The third kappa shape index (κ3) is 7.04. The predicted molar refractivity (Wildman–Crippen MR) is 94.1 cm³/mol. The van der Waals surface area contributed by atoms with Gasteiger partial charge in [-0.05, 0) is 39.0 Å². The van der Waals surface area contributed by atoms with Gasteiger partial charge in [0.05, 0.1) is 24.0 Å². The molecule has 4 N–H and O–H groups in total. The summed E-state index contributed by atoms with van der Waals surface area (Å²) in [6.45, 7) is 6.32. The van der Waals surface area contributed by atoms with E-state index in [1.807, 2.05) is 26.8 Å². The van der Waals surface area contributed by atoms with Crippen molar-refractivity contribution in [3.05, 3.63) is 35.9 Å². The Morgan fingerprint density at radius 3 is 2.46 bits per heavy atom. The lowest BCUT2D eigenvalue weighted by Gasteiger charge is -2.19. The molecular weight excluding hydrogens is 310 g/mol. The normalized spacial score (nSPS) is 11.2. The Balaban J connectivity index is 2.37. The van der Waals surface area contributed by atoms with Crippen molar-refractivity contribution in [2.45, 2.75) is 26.4 Å². The molecule has 0 saturated heterocycles. The van der Waals surface area contributed by atoms with Crippen molar-refractivity contribution in [3.63, 3.8) is 0 Å². The molecule has 0 aliphatic heterocycles. The molecule has 1 aromatic rings. The van der Waals surface area contributed by atoms with Crippen LogP contribution in [0.1, 0.15) is 31.1 Å². The molecule has 24 heavy (non-hydrogen) atoms. The van der Waals surface area contributed by atoms with Crippen LogP contribution in [0.25, 0.3) is 0 Å². The van der Waals surface area contributed by atoms with Gasteiger partial charge in [-0.1, -0.05) is 12.2 Å². The minimum Gasteiger partial charge on any atom is -0.465 e. The summed E-state index contributed by atoms with van der Waals surface area (Å²) in [6, 6.07) is 4.91. The van der Waals surface area contributed by atoms with Gasteiger partial charge >= 0.3 is 12.1 Å². The standard InChI is InChI=1S/C17H25N3O4/c1-17(2,3)24-16(22)20-10-6-5-9-19-14-8-7-12(11-13(14)18)15(21)23-4/h5-8,11,19H,9-10,18H2,1-4H3,(H,20,22)/b6-5+. The van der Waals surface area contributed by atoms with Crippen LogP contribution in [0.4, 0.5) is 16.2 Å². The average molecular weight is 335 g/mol. The van der Waals surface area contributed by atoms with Crippen LogP contribution in [0.15, 0.2) is 30.4 Å². The molecule has 0 spiro atoms. The molecule has 0 unspecified atom stereocenters. The van der Waals surface area contributed by atoms with E-state index in [2.05, 4.69) is 15.4 Å². The number of benzene rings is 1. The Morgan fingerprint density at radius 2 is 1.88 bits per heavy atom. The van der Waals surface area contributed by atoms with Crippen LogP contribution >= 0.6 is 0 Å². The summed E-state index contributed by atoms with van der Waals surface area (Å²) in [5.74, 6) is -0.429. The van der Waals surface area contributed by atoms with E-state index in [4.69, 9.17) is 10.5 Å². The lowest BCUT2D eigenvalue weighted by molar-refractivity contribution is 0.0532. The molecule has 7 heteroatoms. The molecule has 0 fully saturated rings. The predicted octanol–water partition coefficient (Wildman–Crippen LogP) is 2.55. The van der Waals surface area contributed by atoms with Crippen molar-refractivity contribution in [1.29, 1.82) is 0 Å². The van der Waals surface area contributed by atoms with E-state index in [9.17, 15) is 9.59 Å². The monoisotopic (exact) mass is 335 g/mol. The van der Waals surface area contributed by atoms with Gasteiger partial charge in [-0.15, -0.1) is 0 Å². The minimum atomic E-state index is -0.511. The lowest BCUT2D eigenvalue weighted by Crippen LogP contribution is -2.32. The molecule has 0 bridgehead atoms. The molecule has 0 aliphatic rings. The molecule has 0 atom stereocenters. The van der Waals surface area contributed by atoms with Crippen molar-refractivity contribution in [3.8, 4) is 0 Å². The lowest BCUT2D eigenvalue weighted by atomic mass is 10.1. The van der Waals surface area contributed by atoms with Crippen LogP contribution < -0.4 is 16.4 Å². The Hall–Kier alpha value is -2.70. The second-order valence-electron chi connectivity index (χ2n) is 6.03. The van der Waals surface area contributed by atoms with Crippen LogP contribution in [-0.4, -0.2) is 37.9 Å². The second kappa shape index (κ2) is 8.81. The average Bonchev–Trinajstić information content (AvgIpc) is 2.49. The number of carbonyl (C=O) groups is 2. The summed E-state index contributed by atoms with van der Waals surface area (Å²) >= 11 is 0. The number of amides is 1. The smallest absolute Gasteiger partial charge is 0.407 e. The summed E-state index contributed by atoms with van der Waals surface area (Å²) in [6.07, 6.45) is 3.20. The highest BCUT2D eigenvalue weighted by Gasteiger charge is 2.14. The number of esters is 1. The fourth-order valence-corrected chi connectivity index (χ4v) is 1.76. The summed E-state index contributed by atoms with van der Waals surface area (Å²) in [4.78, 5) is 22.8. The van der Waals surface area contributed by atoms with Gasteiger partial charge < -0.3 is 25.8 Å². The Bertz CT molecular complexity index is 606. The Morgan fingerprint density at radius 1 is 1.21 bits per heavy atom. The highest BCUT2D eigenvalue weighted by molar-refractivity contribution is 5.91. The van der Waals surface area contributed by atoms with Crippen LogP contribution in [0.3, 0.4) is 0 Å². The molecule has 1 amide bonds. The quantitative estimate of drug-likeness (QED) is 0.419. The van der Waals surface area contributed by atoms with E-state index < -0.39 is 17.7 Å². The topological polar surface area (TPSA) is 103 Å². The van der Waals surface area contributed by atoms with E-state index >= 15 is 0 Å². The first-order chi connectivity index (χ1) is 11.2. The number of anilines is 2. The fourth-order valence-electron chi connectivity index (χ4n) is 1.76. The zero-order valence-corrected chi connectivity index (χ0v) is 14.5. The summed E-state index contributed by atoms with van der Waals surface area (Å²) in [7, 11) is 1.32.